The molecular weight excluding hydrogens is 1580 g/mol. The number of Topliss-reactive ketones (excluding diaryl/α,β-unsaturated/α-hetero) is 3. The molecule has 45 heteroatoms. The number of nitrogens with zero attached hydrogens (tertiary/aromatic N) is 12. The summed E-state index contributed by atoms with van der Waals surface area (Å²) in [7, 11) is 3.16. The van der Waals surface area contributed by atoms with Gasteiger partial charge in [-0.2, -0.15) is 39.5 Å². The van der Waals surface area contributed by atoms with Crippen LogP contribution in [0.4, 0.5) is 74.4 Å². The molecule has 0 spiro atoms. The van der Waals surface area contributed by atoms with E-state index in [2.05, 4.69) is 106 Å². The van der Waals surface area contributed by atoms with E-state index in [4.69, 9.17) is 40.4 Å². The molecule has 0 saturated carbocycles. The van der Waals surface area contributed by atoms with Gasteiger partial charge in [0, 0.05) is 55.6 Å². The number of alkyl halides is 9. The number of esters is 3. The van der Waals surface area contributed by atoms with Crippen molar-refractivity contribution >= 4 is 161 Å². The number of rotatable bonds is 21. The fourth-order valence-corrected chi connectivity index (χ4v) is 12.1. The predicted octanol–water partition coefficient (Wildman–Crippen LogP) is 12.1. The largest absolute Gasteiger partial charge is 0.465 e. The molecule has 3 amide bonds. The zero-order chi connectivity index (χ0) is 77.7. The van der Waals surface area contributed by atoms with Crippen molar-refractivity contribution in [2.45, 2.75) is 76.3 Å². The first-order chi connectivity index (χ1) is 49.3. The monoisotopic (exact) mass is 1630 g/mol. The van der Waals surface area contributed by atoms with Gasteiger partial charge in [-0.1, -0.05) is 44.0 Å². The van der Waals surface area contributed by atoms with Crippen LogP contribution in [-0.4, -0.2) is 134 Å². The number of nitrogen functional groups attached to an aromatic ring is 3. The number of ketones is 3. The Balaban J connectivity index is 0.000000221. The second-order valence-electron chi connectivity index (χ2n) is 21.2. The number of ether oxygens (including phenoxy) is 3. The SMILES string of the molecule is CC(CC(=O)c1ncnc(N)c1Br)c1ncc(C(=O)Nc2cc(C(F)(F)F)c(Cl)cn2)s1.COC(=O)c1c(N)ncnc1C(=O)CC(C)c1ncc(C(=O)Nc2cc(C(F)(F)F)c(Cl)cn2)s1.COC(=O)c1cnc(NC(=O)c2cnc(C(C)CC(=O)c3ncnc(N)c3C(=O)OC)s2)cc1C(F)(F)F. The number of amides is 3. The van der Waals surface area contributed by atoms with Crippen molar-refractivity contribution < 1.29 is 96.9 Å². The molecule has 9 rings (SSSR count). The summed E-state index contributed by atoms with van der Waals surface area (Å²) in [5.74, 6) is -9.41. The Labute approximate surface area is 614 Å². The first-order valence-electron chi connectivity index (χ1n) is 28.9. The molecule has 0 aromatic carbocycles. The van der Waals surface area contributed by atoms with Gasteiger partial charge in [0.1, 0.15) is 96.7 Å². The number of aromatic nitrogens is 12. The van der Waals surface area contributed by atoms with Crippen molar-refractivity contribution in [3.63, 3.8) is 0 Å². The average molecular weight is 1630 g/mol. The number of thiazole rings is 3. The van der Waals surface area contributed by atoms with Crippen LogP contribution in [0.15, 0.2) is 78.8 Å². The predicted molar refractivity (Wildman–Crippen MR) is 361 cm³/mol. The minimum Gasteiger partial charge on any atom is -0.465 e. The second-order valence-corrected chi connectivity index (χ2v) is 26.0. The Morgan fingerprint density at radius 1 is 0.438 bits per heavy atom. The number of pyridine rings is 3. The van der Waals surface area contributed by atoms with Crippen LogP contribution in [0.5, 0.6) is 0 Å². The van der Waals surface area contributed by atoms with E-state index >= 15 is 0 Å². The number of hydrogen-bond donors (Lipinski definition) is 6. The zero-order valence-electron chi connectivity index (χ0n) is 54.0. The summed E-state index contributed by atoms with van der Waals surface area (Å²) in [5.41, 5.74) is 11.8. The average Bonchev–Trinajstić information content (AvgIpc) is 1.52. The van der Waals surface area contributed by atoms with E-state index in [1.807, 2.05) is 0 Å². The number of nitrogens with two attached hydrogens (primary N) is 3. The van der Waals surface area contributed by atoms with Crippen LogP contribution in [0.1, 0.15) is 181 Å². The minimum absolute atomic E-state index is 0.0215. The van der Waals surface area contributed by atoms with Gasteiger partial charge in [0.2, 0.25) is 0 Å². The van der Waals surface area contributed by atoms with E-state index in [1.165, 1.54) is 24.9 Å². The molecule has 0 radical (unpaired) electrons. The Kier molecular flexibility index (Phi) is 26.9. The molecule has 9 heterocycles. The lowest BCUT2D eigenvalue weighted by molar-refractivity contribution is -0.138. The molecule has 9 N–H and O–H groups in total. The lowest BCUT2D eigenvalue weighted by Crippen LogP contribution is -2.17. The topological polar surface area (TPSA) is 450 Å². The van der Waals surface area contributed by atoms with Gasteiger partial charge in [-0.3, -0.25) is 28.8 Å². The van der Waals surface area contributed by atoms with Crippen LogP contribution >= 0.6 is 73.1 Å². The van der Waals surface area contributed by atoms with Crippen LogP contribution in [0.2, 0.25) is 10.0 Å². The lowest BCUT2D eigenvalue weighted by atomic mass is 10.0. The van der Waals surface area contributed by atoms with Crippen molar-refractivity contribution in [3.05, 3.63) is 169 Å². The summed E-state index contributed by atoms with van der Waals surface area (Å²) in [4.78, 5) is 158. The highest BCUT2D eigenvalue weighted by molar-refractivity contribution is 9.10. The Hall–Kier alpha value is -10.8. The first kappa shape index (κ1) is 81.5. The summed E-state index contributed by atoms with van der Waals surface area (Å²) in [6.07, 6.45) is -5.41. The maximum atomic E-state index is 13.4. The van der Waals surface area contributed by atoms with Gasteiger partial charge in [-0.05, 0) is 34.1 Å². The third kappa shape index (κ3) is 20.8. The standard InChI is InChI=1S/C22H19F3N6O6S.C20H16ClF3N6O4S.C18H13BrClF3N6O2S/c1-9(4-12(32)16-15(21(35)37-3)17(26)30-8-29-16)19-28-7-13(38-19)18(33)31-14-5-11(22(23,24)25)10(6-27-14)20(34)36-2;1-8(3-11(31)15-14(19(33)34-2)16(25)29-7-28-15)18-27-6-12(35-18)17(32)30-13-4-9(20(22,23)24)10(21)5-26-13;1-7(2-10(30)14-13(19)15(24)28-6-27-14)17-26-5-11(32-17)16(31)29-12-3-8(18(21,22)23)9(20)4-25-12/h5-9H,4H2,1-3H3,(H2,26,29,30)(H,27,31,33);4-8H,3H2,1-2H3,(H2,25,28,29)(H,26,30,32);3-7H,2H2,1H3,(H2,24,27,28)(H,25,29,31). The van der Waals surface area contributed by atoms with Gasteiger partial charge < -0.3 is 47.4 Å². The van der Waals surface area contributed by atoms with Crippen LogP contribution in [0, 0.1) is 0 Å². The highest BCUT2D eigenvalue weighted by Crippen LogP contribution is 2.39. The smallest absolute Gasteiger partial charge is 0.418 e. The van der Waals surface area contributed by atoms with E-state index in [1.54, 1.807) is 20.8 Å². The van der Waals surface area contributed by atoms with Gasteiger partial charge in [-0.25, -0.2) is 74.2 Å². The van der Waals surface area contributed by atoms with Crippen LogP contribution < -0.4 is 33.2 Å². The summed E-state index contributed by atoms with van der Waals surface area (Å²) < 4.78 is 132. The molecule has 0 saturated heterocycles. The van der Waals surface area contributed by atoms with Gasteiger partial charge in [0.05, 0.1) is 91.7 Å². The molecule has 0 aliphatic carbocycles. The maximum Gasteiger partial charge on any atom is 0.418 e. The number of carbonyl (C=O) groups excluding carboxylic acids is 9. The fourth-order valence-electron chi connectivity index (χ4n) is 8.67. The maximum absolute atomic E-state index is 13.4. The van der Waals surface area contributed by atoms with E-state index in [0.29, 0.717) is 43.9 Å². The molecule has 0 aliphatic heterocycles. The van der Waals surface area contributed by atoms with Gasteiger partial charge in [-0.15, -0.1) is 34.0 Å². The lowest BCUT2D eigenvalue weighted by Gasteiger charge is -2.12. The van der Waals surface area contributed by atoms with Gasteiger partial charge in [0.15, 0.2) is 17.3 Å². The molecular formula is C60H48BrCl2F9N18O12S3. The van der Waals surface area contributed by atoms with Crippen LogP contribution in [-0.2, 0) is 32.7 Å². The number of methoxy groups -OCH3 is 3. The van der Waals surface area contributed by atoms with E-state index in [0.717, 1.165) is 80.4 Å². The molecule has 3 atom stereocenters. The highest BCUT2D eigenvalue weighted by atomic mass is 79.9. The van der Waals surface area contributed by atoms with Gasteiger partial charge in [0.25, 0.3) is 17.7 Å². The zero-order valence-corrected chi connectivity index (χ0v) is 59.6. The molecule has 9 aromatic rings. The second kappa shape index (κ2) is 34.7. The third-order valence-electron chi connectivity index (χ3n) is 13.8. The molecule has 0 aliphatic rings. The number of halogens is 12. The molecule has 105 heavy (non-hydrogen) atoms. The van der Waals surface area contributed by atoms with Crippen molar-refractivity contribution in [1.82, 2.24) is 59.8 Å². The summed E-state index contributed by atoms with van der Waals surface area (Å²) >= 11 is 17.1. The van der Waals surface area contributed by atoms with Crippen molar-refractivity contribution in [1.29, 1.82) is 0 Å². The summed E-state index contributed by atoms with van der Waals surface area (Å²) in [5, 5.41) is 6.83. The van der Waals surface area contributed by atoms with Crippen LogP contribution in [0.3, 0.4) is 0 Å². The molecule has 0 fully saturated rings. The highest BCUT2D eigenvalue weighted by Gasteiger charge is 2.38. The molecule has 552 valence electrons. The molecule has 30 nitrogen and oxygen atoms in total. The molecule has 9 aromatic heterocycles. The van der Waals surface area contributed by atoms with Crippen LogP contribution in [0.25, 0.3) is 0 Å². The Morgan fingerprint density at radius 2 is 0.743 bits per heavy atom. The van der Waals surface area contributed by atoms with Crippen molar-refractivity contribution in [2.24, 2.45) is 0 Å². The third-order valence-corrected chi connectivity index (χ3v) is 18.9. The fraction of sp³-hybridized carbons (Fsp3) is 0.250. The number of hydrogen-bond acceptors (Lipinski definition) is 30. The first-order valence-corrected chi connectivity index (χ1v) is 32.9. The molecule has 0 bridgehead atoms. The van der Waals surface area contributed by atoms with Crippen molar-refractivity contribution in [2.75, 3.05) is 54.5 Å². The van der Waals surface area contributed by atoms with Gasteiger partial charge >= 0.3 is 36.4 Å². The normalized spacial score (nSPS) is 12.2. The van der Waals surface area contributed by atoms with Crippen molar-refractivity contribution in [3.8, 4) is 0 Å². The number of carbonyl (C=O) groups is 9. The minimum atomic E-state index is -4.91. The molecule has 3 unspecified atom stereocenters. The van der Waals surface area contributed by atoms with E-state index < -0.39 is 116 Å². The Morgan fingerprint density at radius 3 is 1.08 bits per heavy atom. The summed E-state index contributed by atoms with van der Waals surface area (Å²) in [6.45, 7) is 5.05. The summed E-state index contributed by atoms with van der Waals surface area (Å²) in [6, 6.07) is 1.78. The number of nitrogens with one attached hydrogen (secondary N) is 3. The van der Waals surface area contributed by atoms with E-state index in [9.17, 15) is 82.7 Å². The van der Waals surface area contributed by atoms with E-state index in [-0.39, 0.29) is 103 Å². The quantitative estimate of drug-likeness (QED) is 0.0168. The number of anilines is 6. The Bertz CT molecular complexity index is 4840.